The number of carbonyl (C=O) groups is 3. The van der Waals surface area contributed by atoms with Gasteiger partial charge >= 0.3 is 11.9 Å². The third-order valence-corrected chi connectivity index (χ3v) is 10.3. The molecule has 0 radical (unpaired) electrons. The Kier molecular flexibility index (Phi) is 5.47. The second kappa shape index (κ2) is 8.23. The molecule has 0 bridgehead atoms. The molecule has 38 heavy (non-hydrogen) atoms. The summed E-state index contributed by atoms with van der Waals surface area (Å²) in [5.74, 6) is -0.955. The second-order valence-corrected chi connectivity index (χ2v) is 12.1. The molecule has 200 valence electrons. The van der Waals surface area contributed by atoms with Gasteiger partial charge in [-0.3, -0.25) is 9.59 Å². The Balaban J connectivity index is 1.29. The van der Waals surface area contributed by atoms with Gasteiger partial charge in [0.2, 0.25) is 5.78 Å². The first-order valence-corrected chi connectivity index (χ1v) is 13.4. The van der Waals surface area contributed by atoms with Gasteiger partial charge in [-0.15, -0.1) is 0 Å². The fourth-order valence-corrected chi connectivity index (χ4v) is 8.41. The summed E-state index contributed by atoms with van der Waals surface area (Å²) in [5.41, 5.74) is -1.58. The smallest absolute Gasteiger partial charge is 0.343 e. The van der Waals surface area contributed by atoms with E-state index in [4.69, 9.17) is 14.2 Å². The summed E-state index contributed by atoms with van der Waals surface area (Å²) in [4.78, 5) is 37.3. The molecule has 3 fully saturated rings. The van der Waals surface area contributed by atoms with Gasteiger partial charge in [0.15, 0.2) is 6.61 Å². The molecular weight excluding hydrogens is 484 g/mol. The number of ketones is 1. The van der Waals surface area contributed by atoms with Crippen molar-refractivity contribution in [1.29, 1.82) is 0 Å². The highest BCUT2D eigenvalue weighted by atomic mass is 16.6. The molecule has 1 aliphatic heterocycles. The van der Waals surface area contributed by atoms with E-state index < -0.39 is 46.4 Å². The van der Waals surface area contributed by atoms with Gasteiger partial charge < -0.3 is 19.3 Å². The molecule has 1 heterocycles. The topological polar surface area (TPSA) is 102 Å². The first-order valence-electron chi connectivity index (χ1n) is 13.4. The van der Waals surface area contributed by atoms with E-state index in [1.165, 1.54) is 6.92 Å². The summed E-state index contributed by atoms with van der Waals surface area (Å²) < 4.78 is 17.3. The lowest BCUT2D eigenvalue weighted by atomic mass is 9.48. The Morgan fingerprint density at radius 1 is 1.13 bits per heavy atom. The van der Waals surface area contributed by atoms with E-state index in [1.807, 2.05) is 32.1 Å². The van der Waals surface area contributed by atoms with E-state index in [0.717, 1.165) is 12.0 Å². The zero-order valence-electron chi connectivity index (χ0n) is 22.2. The summed E-state index contributed by atoms with van der Waals surface area (Å²) in [6.07, 6.45) is 9.96. The van der Waals surface area contributed by atoms with Crippen LogP contribution in [0.25, 0.3) is 0 Å². The van der Waals surface area contributed by atoms with Gasteiger partial charge in [-0.1, -0.05) is 44.2 Å². The fraction of sp³-hybridized carbons (Fsp3) is 0.516. The average Bonchev–Trinajstić information content (AvgIpc) is 3.57. The molecule has 1 aromatic rings. The molecule has 8 atom stereocenters. The average molecular weight is 519 g/mol. The fourth-order valence-electron chi connectivity index (χ4n) is 8.41. The van der Waals surface area contributed by atoms with E-state index in [1.54, 1.807) is 24.3 Å². The molecule has 1 saturated heterocycles. The number of epoxide rings is 1. The minimum absolute atomic E-state index is 0.0619. The third-order valence-electron chi connectivity index (χ3n) is 10.3. The number of aliphatic hydroxyl groups is 1. The van der Waals surface area contributed by atoms with Crippen molar-refractivity contribution in [2.24, 2.45) is 28.6 Å². The van der Waals surface area contributed by atoms with Crippen molar-refractivity contribution in [1.82, 2.24) is 0 Å². The standard InChI is InChI=1S/C31H34O7/c1-18-14-24-23-11-10-21-15-22(37-27(34)20-8-6-5-7-9-20)12-13-28(21,3)31(23)26(38-31)16-29(24,4)30(18,35)25(33)17-36-19(2)32/h5-10,12-13,15,18,23-24,26,35H,11,14,16-17H2,1-4H3/t18-,23?,24?,26-,28+,29+,30+,31-/m1/s1. The summed E-state index contributed by atoms with van der Waals surface area (Å²) >= 11 is 0. The number of benzene rings is 1. The summed E-state index contributed by atoms with van der Waals surface area (Å²) in [6.45, 7) is 6.96. The van der Waals surface area contributed by atoms with Crippen molar-refractivity contribution < 1.29 is 33.7 Å². The number of allylic oxidation sites excluding steroid dienone is 3. The van der Waals surface area contributed by atoms with Crippen LogP contribution in [0.15, 0.2) is 66.0 Å². The molecular formula is C31H34O7. The monoisotopic (exact) mass is 518 g/mol. The molecule has 6 rings (SSSR count). The Morgan fingerprint density at radius 3 is 2.58 bits per heavy atom. The van der Waals surface area contributed by atoms with E-state index in [-0.39, 0.29) is 23.9 Å². The van der Waals surface area contributed by atoms with Gasteiger partial charge in [0.05, 0.1) is 11.7 Å². The third kappa shape index (κ3) is 3.18. The predicted octanol–water partition coefficient (Wildman–Crippen LogP) is 4.32. The largest absolute Gasteiger partial charge is 0.458 e. The normalized spacial score (nSPS) is 41.9. The lowest BCUT2D eigenvalue weighted by molar-refractivity contribution is -0.170. The summed E-state index contributed by atoms with van der Waals surface area (Å²) in [7, 11) is 0. The van der Waals surface area contributed by atoms with Crippen molar-refractivity contribution >= 4 is 17.7 Å². The van der Waals surface area contributed by atoms with Gasteiger partial charge in [0.1, 0.15) is 17.0 Å². The molecule has 2 saturated carbocycles. The van der Waals surface area contributed by atoms with Crippen LogP contribution in [0.2, 0.25) is 0 Å². The van der Waals surface area contributed by atoms with Crippen LogP contribution in [0.5, 0.6) is 0 Å². The Bertz CT molecular complexity index is 1310. The molecule has 7 heteroatoms. The maximum Gasteiger partial charge on any atom is 0.343 e. The highest BCUT2D eigenvalue weighted by Gasteiger charge is 2.81. The van der Waals surface area contributed by atoms with Gasteiger partial charge in [-0.25, -0.2) is 4.79 Å². The highest BCUT2D eigenvalue weighted by molar-refractivity contribution is 5.91. The Labute approximate surface area is 222 Å². The zero-order valence-corrected chi connectivity index (χ0v) is 22.2. The molecule has 1 aromatic carbocycles. The van der Waals surface area contributed by atoms with Crippen LogP contribution in [0, 0.1) is 28.6 Å². The maximum atomic E-state index is 13.3. The number of carbonyl (C=O) groups excluding carboxylic acids is 3. The summed E-state index contributed by atoms with van der Waals surface area (Å²) in [5, 5.41) is 11.9. The van der Waals surface area contributed by atoms with E-state index in [2.05, 4.69) is 19.1 Å². The lowest BCUT2D eigenvalue weighted by Gasteiger charge is -2.54. The maximum absolute atomic E-state index is 13.3. The van der Waals surface area contributed by atoms with Gasteiger partial charge in [-0.05, 0) is 73.8 Å². The molecule has 2 unspecified atom stereocenters. The molecule has 5 aliphatic rings. The minimum Gasteiger partial charge on any atom is -0.458 e. The Morgan fingerprint density at radius 2 is 1.87 bits per heavy atom. The molecule has 1 N–H and O–H groups in total. The van der Waals surface area contributed by atoms with E-state index >= 15 is 0 Å². The first kappa shape index (κ1) is 25.3. The Hall–Kier alpha value is -3.03. The van der Waals surface area contributed by atoms with Gasteiger partial charge in [0, 0.05) is 17.8 Å². The molecule has 0 amide bonds. The number of ether oxygens (including phenoxy) is 3. The number of fused-ring (bicyclic) bond motifs is 3. The van der Waals surface area contributed by atoms with Crippen LogP contribution >= 0.6 is 0 Å². The number of rotatable bonds is 5. The summed E-state index contributed by atoms with van der Waals surface area (Å²) in [6, 6.07) is 8.92. The van der Waals surface area contributed by atoms with Crippen molar-refractivity contribution in [3.8, 4) is 0 Å². The quantitative estimate of drug-likeness (QED) is 0.458. The second-order valence-electron chi connectivity index (χ2n) is 12.1. The number of esters is 2. The van der Waals surface area contributed by atoms with Crippen LogP contribution in [0.3, 0.4) is 0 Å². The highest BCUT2D eigenvalue weighted by Crippen LogP contribution is 2.75. The van der Waals surface area contributed by atoms with E-state index in [9.17, 15) is 19.5 Å². The molecule has 0 aromatic heterocycles. The number of Topliss-reactive ketones (excluding diaryl/α,β-unsaturated/α-hetero) is 1. The first-order chi connectivity index (χ1) is 18.0. The predicted molar refractivity (Wildman–Crippen MR) is 138 cm³/mol. The molecule has 4 aliphatic carbocycles. The molecule has 1 spiro atoms. The van der Waals surface area contributed by atoms with Crippen LogP contribution in [0.4, 0.5) is 0 Å². The zero-order chi connectivity index (χ0) is 27.1. The molecule has 7 nitrogen and oxygen atoms in total. The van der Waals surface area contributed by atoms with E-state index in [0.29, 0.717) is 24.2 Å². The van der Waals surface area contributed by atoms with Crippen molar-refractivity contribution in [3.05, 3.63) is 71.5 Å². The number of hydrogen-bond acceptors (Lipinski definition) is 7. The number of hydrogen-bond donors (Lipinski definition) is 1. The van der Waals surface area contributed by atoms with Crippen molar-refractivity contribution in [2.45, 2.75) is 64.3 Å². The van der Waals surface area contributed by atoms with Crippen LogP contribution in [-0.4, -0.2) is 46.7 Å². The van der Waals surface area contributed by atoms with Crippen LogP contribution in [0.1, 0.15) is 57.3 Å². The van der Waals surface area contributed by atoms with Crippen molar-refractivity contribution in [2.75, 3.05) is 6.61 Å². The SMILES string of the molecule is CC(=O)OCC(=O)[C@@]1(O)[C@H](C)CC2C3CC=C4C=C(OC(=O)c5ccccc5)C=C[C@]4(C)[C@@]34O[C@@H]4C[C@@]21C. The van der Waals surface area contributed by atoms with Gasteiger partial charge in [0.25, 0.3) is 0 Å². The lowest BCUT2D eigenvalue weighted by Crippen LogP contribution is -2.62. The van der Waals surface area contributed by atoms with Gasteiger partial charge in [-0.2, -0.15) is 0 Å². The van der Waals surface area contributed by atoms with Crippen LogP contribution in [-0.2, 0) is 23.8 Å². The van der Waals surface area contributed by atoms with Crippen LogP contribution < -0.4 is 0 Å². The van der Waals surface area contributed by atoms with Crippen molar-refractivity contribution in [3.63, 3.8) is 0 Å². The minimum atomic E-state index is -1.59.